The number of hydrogen-bond donors (Lipinski definition) is 0. The van der Waals surface area contributed by atoms with E-state index in [2.05, 4.69) is 6.92 Å². The maximum Gasteiger partial charge on any atom is 0.348 e. The first-order valence-electron chi connectivity index (χ1n) is 5.84. The van der Waals surface area contributed by atoms with Crippen molar-refractivity contribution in [1.82, 2.24) is 0 Å². The van der Waals surface area contributed by atoms with Crippen molar-refractivity contribution in [3.63, 3.8) is 0 Å². The van der Waals surface area contributed by atoms with Crippen molar-refractivity contribution in [2.75, 3.05) is 6.61 Å². The van der Waals surface area contributed by atoms with E-state index >= 15 is 0 Å². The van der Waals surface area contributed by atoms with Crippen LogP contribution in [0.25, 0.3) is 0 Å². The Morgan fingerprint density at radius 1 is 1.12 bits per heavy atom. The van der Waals surface area contributed by atoms with Crippen molar-refractivity contribution in [3.8, 4) is 5.75 Å². The van der Waals surface area contributed by atoms with E-state index in [1.165, 1.54) is 37.1 Å². The largest absolute Gasteiger partial charge is 0.494 e. The molecule has 0 N–H and O–H groups in total. The quantitative estimate of drug-likeness (QED) is 0.500. The minimum Gasteiger partial charge on any atom is -0.494 e. The van der Waals surface area contributed by atoms with E-state index in [1.807, 2.05) is 0 Å². The Balaban J connectivity index is 2.36. The van der Waals surface area contributed by atoms with Crippen LogP contribution in [0, 0.1) is 0 Å². The molecular weight excluding hydrogens is 246 g/mol. The lowest BCUT2D eigenvalue weighted by Gasteiger charge is -2.09. The molecule has 0 bridgehead atoms. The Kier molecular flexibility index (Phi) is 5.69. The summed E-state index contributed by atoms with van der Waals surface area (Å²) in [7, 11) is 0. The summed E-state index contributed by atoms with van der Waals surface area (Å²) in [6.45, 7) is 2.77. The molecule has 1 rings (SSSR count). The average Bonchev–Trinajstić information content (AvgIpc) is 2.28. The maximum atomic E-state index is 12.7. The first-order chi connectivity index (χ1) is 8.04. The predicted molar refractivity (Wildman–Crippen MR) is 65.8 cm³/mol. The lowest BCUT2D eigenvalue weighted by atomic mass is 10.2. The summed E-state index contributed by atoms with van der Waals surface area (Å²) in [6, 6.07) is 5.61. The van der Waals surface area contributed by atoms with E-state index in [0.717, 1.165) is 12.8 Å². The summed E-state index contributed by atoms with van der Waals surface area (Å²) in [5.74, 6) is 0.603. The fourth-order valence-electron chi connectivity index (χ4n) is 1.46. The van der Waals surface area contributed by atoms with E-state index in [0.29, 0.717) is 12.4 Å². The lowest BCUT2D eigenvalue weighted by molar-refractivity contribution is 0.0950. The van der Waals surface area contributed by atoms with Gasteiger partial charge in [0.2, 0.25) is 0 Å². The zero-order chi connectivity index (χ0) is 12.7. The second kappa shape index (κ2) is 6.80. The van der Waals surface area contributed by atoms with Crippen LogP contribution >= 0.6 is 11.6 Å². The molecule has 0 aliphatic carbocycles. The summed E-state index contributed by atoms with van der Waals surface area (Å²) in [5.41, 5.74) is -0.211. The van der Waals surface area contributed by atoms with Gasteiger partial charge in [-0.15, -0.1) is 0 Å². The molecule has 0 aliphatic heterocycles. The first-order valence-corrected chi connectivity index (χ1v) is 6.22. The number of benzene rings is 1. The molecule has 17 heavy (non-hydrogen) atoms. The van der Waals surface area contributed by atoms with Crippen LogP contribution in [0.1, 0.15) is 38.2 Å². The molecule has 0 saturated heterocycles. The zero-order valence-corrected chi connectivity index (χ0v) is 10.6. The molecular formula is C13H17ClF2O. The van der Waals surface area contributed by atoms with Crippen LogP contribution in [0.3, 0.4) is 0 Å². The SMILES string of the molecule is CCCCCCOc1ccc(C(F)(F)Cl)cc1. The fraction of sp³-hybridized carbons (Fsp3) is 0.538. The second-order valence-corrected chi connectivity index (χ2v) is 4.41. The molecule has 0 aromatic heterocycles. The number of unbranched alkanes of at least 4 members (excludes halogenated alkanes) is 3. The highest BCUT2D eigenvalue weighted by atomic mass is 35.5. The summed E-state index contributed by atoms with van der Waals surface area (Å²) in [6.07, 6.45) is 4.50. The smallest absolute Gasteiger partial charge is 0.348 e. The Morgan fingerprint density at radius 3 is 2.29 bits per heavy atom. The predicted octanol–water partition coefficient (Wildman–Crippen LogP) is 4.93. The fourth-order valence-corrected chi connectivity index (χ4v) is 1.58. The minimum atomic E-state index is -3.31. The van der Waals surface area contributed by atoms with E-state index in [9.17, 15) is 8.78 Å². The first kappa shape index (κ1) is 14.2. The van der Waals surface area contributed by atoms with Crippen LogP contribution in [0.4, 0.5) is 8.78 Å². The Hall–Kier alpha value is -0.830. The van der Waals surface area contributed by atoms with Gasteiger partial charge < -0.3 is 4.74 Å². The second-order valence-electron chi connectivity index (χ2n) is 3.93. The molecule has 0 amide bonds. The molecule has 96 valence electrons. The zero-order valence-electron chi connectivity index (χ0n) is 9.89. The molecule has 0 radical (unpaired) electrons. The van der Waals surface area contributed by atoms with E-state index in [1.54, 1.807) is 0 Å². The van der Waals surface area contributed by atoms with Crippen LogP contribution in [0.15, 0.2) is 24.3 Å². The van der Waals surface area contributed by atoms with Crippen molar-refractivity contribution >= 4 is 11.6 Å². The number of hydrogen-bond acceptors (Lipinski definition) is 1. The molecule has 1 aromatic rings. The van der Waals surface area contributed by atoms with Gasteiger partial charge in [-0.3, -0.25) is 0 Å². The average molecular weight is 263 g/mol. The Labute approximate surface area is 106 Å². The highest BCUT2D eigenvalue weighted by molar-refractivity contribution is 6.21. The van der Waals surface area contributed by atoms with Crippen LogP contribution in [0.5, 0.6) is 5.75 Å². The Morgan fingerprint density at radius 2 is 1.76 bits per heavy atom. The van der Waals surface area contributed by atoms with Gasteiger partial charge in [0, 0.05) is 5.56 Å². The van der Waals surface area contributed by atoms with E-state index in [-0.39, 0.29) is 5.56 Å². The minimum absolute atomic E-state index is 0.211. The monoisotopic (exact) mass is 262 g/mol. The van der Waals surface area contributed by atoms with Crippen molar-refractivity contribution < 1.29 is 13.5 Å². The topological polar surface area (TPSA) is 9.23 Å². The van der Waals surface area contributed by atoms with Crippen LogP contribution in [0.2, 0.25) is 0 Å². The third kappa shape index (κ3) is 5.35. The van der Waals surface area contributed by atoms with Crippen LogP contribution < -0.4 is 4.74 Å². The number of halogens is 3. The normalized spacial score (nSPS) is 11.5. The van der Waals surface area contributed by atoms with Gasteiger partial charge in [0.15, 0.2) is 0 Å². The molecule has 0 aliphatic rings. The third-order valence-corrected chi connectivity index (χ3v) is 2.67. The van der Waals surface area contributed by atoms with Gasteiger partial charge in [-0.25, -0.2) is 0 Å². The van der Waals surface area contributed by atoms with Gasteiger partial charge in [0.05, 0.1) is 6.61 Å². The standard InChI is InChI=1S/C13H17ClF2O/c1-2-3-4-5-10-17-12-8-6-11(7-9-12)13(14,15)16/h6-9H,2-5,10H2,1H3. The van der Waals surface area contributed by atoms with Gasteiger partial charge in [-0.05, 0) is 42.3 Å². The number of ether oxygens (including phenoxy) is 1. The molecule has 4 heteroatoms. The maximum absolute atomic E-state index is 12.7. The summed E-state index contributed by atoms with van der Waals surface area (Å²) in [5, 5.41) is -3.31. The molecule has 0 unspecified atom stereocenters. The van der Waals surface area contributed by atoms with Gasteiger partial charge >= 0.3 is 5.38 Å². The summed E-state index contributed by atoms with van der Waals surface area (Å²) < 4.78 is 30.8. The van der Waals surface area contributed by atoms with E-state index < -0.39 is 5.38 Å². The van der Waals surface area contributed by atoms with Gasteiger partial charge in [0.25, 0.3) is 0 Å². The van der Waals surface area contributed by atoms with Gasteiger partial charge in [-0.1, -0.05) is 26.2 Å². The van der Waals surface area contributed by atoms with Gasteiger partial charge in [-0.2, -0.15) is 8.78 Å². The van der Waals surface area contributed by atoms with Crippen LogP contribution in [-0.4, -0.2) is 6.61 Å². The molecule has 0 atom stereocenters. The molecule has 0 saturated carbocycles. The molecule has 1 aromatic carbocycles. The van der Waals surface area contributed by atoms with Crippen LogP contribution in [-0.2, 0) is 5.38 Å². The third-order valence-electron chi connectivity index (χ3n) is 2.45. The van der Waals surface area contributed by atoms with Crippen molar-refractivity contribution in [1.29, 1.82) is 0 Å². The molecule has 0 heterocycles. The van der Waals surface area contributed by atoms with E-state index in [4.69, 9.17) is 16.3 Å². The molecule has 0 spiro atoms. The molecule has 0 fully saturated rings. The molecule has 1 nitrogen and oxygen atoms in total. The van der Waals surface area contributed by atoms with Crippen molar-refractivity contribution in [2.24, 2.45) is 0 Å². The van der Waals surface area contributed by atoms with Crippen molar-refractivity contribution in [3.05, 3.63) is 29.8 Å². The highest BCUT2D eigenvalue weighted by Crippen LogP contribution is 2.32. The number of rotatable bonds is 7. The number of alkyl halides is 3. The summed E-state index contributed by atoms with van der Waals surface area (Å²) >= 11 is 4.90. The highest BCUT2D eigenvalue weighted by Gasteiger charge is 2.27. The lowest BCUT2D eigenvalue weighted by Crippen LogP contribution is -2.03. The Bertz CT molecular complexity index is 319. The van der Waals surface area contributed by atoms with Gasteiger partial charge in [0.1, 0.15) is 5.75 Å². The summed E-state index contributed by atoms with van der Waals surface area (Å²) in [4.78, 5) is 0. The van der Waals surface area contributed by atoms with Crippen molar-refractivity contribution in [2.45, 2.75) is 38.0 Å².